The fraction of sp³-hybridized carbons (Fsp3) is 0.650. The van der Waals surface area contributed by atoms with Crippen molar-refractivity contribution in [3.05, 3.63) is 34.8 Å². The normalized spacial score (nSPS) is 39.3. The number of carbonyl (C=O) groups excluding carboxylic acids is 1. The Balaban J connectivity index is 1.82. The molecular weight excluding hydrogens is 304 g/mol. The van der Waals surface area contributed by atoms with Gasteiger partial charge in [0.05, 0.1) is 12.4 Å². The van der Waals surface area contributed by atoms with Crippen LogP contribution in [0, 0.1) is 18.3 Å². The molecule has 2 fully saturated rings. The standard InChI is InChI=1S/C20H26O4/c1-11(2)8-16(21)23-18-17-12(3)10-22-14(17)9-20-15(24-20)7-6-13(4)19(18,20)5/h8,10,13,15,18H,6-7,9H2,1-5H3/t13-,15-,18-,19+,20-/m1/s1. The minimum absolute atomic E-state index is 0.220. The summed E-state index contributed by atoms with van der Waals surface area (Å²) in [7, 11) is 0. The van der Waals surface area contributed by atoms with Crippen molar-refractivity contribution in [2.75, 3.05) is 0 Å². The maximum absolute atomic E-state index is 12.4. The molecule has 4 rings (SSSR count). The van der Waals surface area contributed by atoms with Crippen molar-refractivity contribution in [1.82, 2.24) is 0 Å². The number of hydrogen-bond acceptors (Lipinski definition) is 4. The monoisotopic (exact) mass is 330 g/mol. The number of allylic oxidation sites excluding steroid dienone is 1. The van der Waals surface area contributed by atoms with Crippen LogP contribution in [-0.4, -0.2) is 17.7 Å². The smallest absolute Gasteiger partial charge is 0.331 e. The number of furan rings is 1. The number of epoxide rings is 1. The molecule has 24 heavy (non-hydrogen) atoms. The molecule has 4 heteroatoms. The van der Waals surface area contributed by atoms with Crippen molar-refractivity contribution >= 4 is 5.97 Å². The number of esters is 1. The Morgan fingerprint density at radius 3 is 2.83 bits per heavy atom. The van der Waals surface area contributed by atoms with Crippen LogP contribution in [0.25, 0.3) is 0 Å². The van der Waals surface area contributed by atoms with Crippen LogP contribution in [0.4, 0.5) is 0 Å². The van der Waals surface area contributed by atoms with Gasteiger partial charge in [-0.15, -0.1) is 0 Å². The molecule has 0 bridgehead atoms. The predicted molar refractivity (Wildman–Crippen MR) is 89.5 cm³/mol. The summed E-state index contributed by atoms with van der Waals surface area (Å²) in [4.78, 5) is 12.4. The van der Waals surface area contributed by atoms with Gasteiger partial charge in [0.2, 0.25) is 0 Å². The van der Waals surface area contributed by atoms with E-state index >= 15 is 0 Å². The highest BCUT2D eigenvalue weighted by Crippen LogP contribution is 2.69. The van der Waals surface area contributed by atoms with Crippen LogP contribution in [-0.2, 0) is 20.7 Å². The second kappa shape index (κ2) is 4.98. The molecule has 0 amide bonds. The molecule has 2 aliphatic carbocycles. The Morgan fingerprint density at radius 2 is 2.12 bits per heavy atom. The number of aryl methyl sites for hydroxylation is 1. The molecule has 0 radical (unpaired) electrons. The van der Waals surface area contributed by atoms with E-state index in [1.165, 1.54) is 0 Å². The van der Waals surface area contributed by atoms with E-state index in [1.54, 1.807) is 12.3 Å². The van der Waals surface area contributed by atoms with E-state index in [0.29, 0.717) is 5.92 Å². The van der Waals surface area contributed by atoms with E-state index in [2.05, 4.69) is 13.8 Å². The highest BCUT2D eigenvalue weighted by Gasteiger charge is 2.75. The number of hydrogen-bond donors (Lipinski definition) is 0. The zero-order valence-electron chi connectivity index (χ0n) is 15.1. The number of carbonyl (C=O) groups is 1. The maximum atomic E-state index is 12.4. The van der Waals surface area contributed by atoms with Crippen LogP contribution in [0.2, 0.25) is 0 Å². The number of fused-ring (bicyclic) bond motifs is 1. The highest BCUT2D eigenvalue weighted by molar-refractivity contribution is 5.83. The molecule has 1 aromatic heterocycles. The van der Waals surface area contributed by atoms with Gasteiger partial charge in [-0.1, -0.05) is 19.4 Å². The molecule has 1 aliphatic heterocycles. The fourth-order valence-corrected chi connectivity index (χ4v) is 5.03. The molecule has 0 aromatic carbocycles. The molecule has 1 saturated carbocycles. The van der Waals surface area contributed by atoms with Crippen LogP contribution >= 0.6 is 0 Å². The minimum atomic E-state index is -0.316. The van der Waals surface area contributed by atoms with Crippen LogP contribution in [0.3, 0.4) is 0 Å². The lowest BCUT2D eigenvalue weighted by Gasteiger charge is -2.50. The molecule has 4 nitrogen and oxygen atoms in total. The SMILES string of the molecule is CC(C)=CC(=O)O[C@@H]1c2c(C)coc2C[C@@]23O[C@@H]2CC[C@@H](C)[C@@]13C. The van der Waals surface area contributed by atoms with Gasteiger partial charge in [-0.25, -0.2) is 4.79 Å². The third-order valence-electron chi connectivity index (χ3n) is 6.59. The summed E-state index contributed by atoms with van der Waals surface area (Å²) >= 11 is 0. The molecule has 3 aliphatic rings. The predicted octanol–water partition coefficient (Wildman–Crippen LogP) is 4.27. The van der Waals surface area contributed by atoms with Crippen molar-refractivity contribution < 1.29 is 18.7 Å². The van der Waals surface area contributed by atoms with E-state index in [-0.39, 0.29) is 29.2 Å². The topological polar surface area (TPSA) is 52.0 Å². The third kappa shape index (κ3) is 1.92. The third-order valence-corrected chi connectivity index (χ3v) is 6.59. The summed E-state index contributed by atoms with van der Waals surface area (Å²) < 4.78 is 18.1. The van der Waals surface area contributed by atoms with Gasteiger partial charge in [-0.2, -0.15) is 0 Å². The number of ether oxygens (including phenoxy) is 2. The van der Waals surface area contributed by atoms with E-state index < -0.39 is 0 Å². The van der Waals surface area contributed by atoms with Gasteiger partial charge in [0, 0.05) is 23.5 Å². The summed E-state index contributed by atoms with van der Waals surface area (Å²) in [6.07, 6.45) is 6.28. The second-order valence-electron chi connectivity index (χ2n) is 8.23. The summed E-state index contributed by atoms with van der Waals surface area (Å²) in [5, 5.41) is 0. The highest BCUT2D eigenvalue weighted by atomic mass is 16.6. The first-order valence-corrected chi connectivity index (χ1v) is 8.90. The van der Waals surface area contributed by atoms with E-state index in [4.69, 9.17) is 13.9 Å². The molecule has 1 saturated heterocycles. The Morgan fingerprint density at radius 1 is 1.38 bits per heavy atom. The Labute approximate surface area is 143 Å². The lowest BCUT2D eigenvalue weighted by atomic mass is 9.53. The lowest BCUT2D eigenvalue weighted by molar-refractivity contribution is -0.163. The summed E-state index contributed by atoms with van der Waals surface area (Å²) in [5.74, 6) is 1.07. The first-order valence-electron chi connectivity index (χ1n) is 8.90. The van der Waals surface area contributed by atoms with Crippen LogP contribution < -0.4 is 0 Å². The van der Waals surface area contributed by atoms with Crippen molar-refractivity contribution in [2.45, 2.75) is 71.7 Å². The molecule has 1 aromatic rings. The zero-order valence-corrected chi connectivity index (χ0v) is 15.1. The first kappa shape index (κ1) is 15.9. The molecule has 5 atom stereocenters. The minimum Gasteiger partial charge on any atom is -0.469 e. The van der Waals surface area contributed by atoms with Crippen LogP contribution in [0.1, 0.15) is 63.5 Å². The summed E-state index contributed by atoms with van der Waals surface area (Å²) in [6, 6.07) is 0. The van der Waals surface area contributed by atoms with Gasteiger partial charge in [0.25, 0.3) is 0 Å². The van der Waals surface area contributed by atoms with Crippen molar-refractivity contribution in [2.24, 2.45) is 11.3 Å². The van der Waals surface area contributed by atoms with E-state index in [0.717, 1.165) is 41.7 Å². The lowest BCUT2D eigenvalue weighted by Crippen LogP contribution is -2.54. The Bertz CT molecular complexity index is 726. The largest absolute Gasteiger partial charge is 0.469 e. The van der Waals surface area contributed by atoms with Crippen LogP contribution in [0.15, 0.2) is 22.3 Å². The van der Waals surface area contributed by atoms with Gasteiger partial charge in [-0.3, -0.25) is 0 Å². The Hall–Kier alpha value is -1.55. The van der Waals surface area contributed by atoms with Gasteiger partial charge in [0.15, 0.2) is 0 Å². The summed E-state index contributed by atoms with van der Waals surface area (Å²) in [6.45, 7) is 10.4. The van der Waals surface area contributed by atoms with E-state index in [9.17, 15) is 4.79 Å². The molecular formula is C20H26O4. The van der Waals surface area contributed by atoms with E-state index in [1.807, 2.05) is 20.8 Å². The molecule has 0 N–H and O–H groups in total. The zero-order chi connectivity index (χ0) is 17.3. The molecule has 2 heterocycles. The van der Waals surface area contributed by atoms with Gasteiger partial charge >= 0.3 is 5.97 Å². The Kier molecular flexibility index (Phi) is 3.31. The molecule has 130 valence electrons. The second-order valence-corrected chi connectivity index (χ2v) is 8.23. The van der Waals surface area contributed by atoms with Crippen molar-refractivity contribution in [3.8, 4) is 0 Å². The van der Waals surface area contributed by atoms with Crippen molar-refractivity contribution in [1.29, 1.82) is 0 Å². The molecule has 1 spiro atoms. The number of rotatable bonds is 2. The summed E-state index contributed by atoms with van der Waals surface area (Å²) in [5.41, 5.74) is 2.60. The van der Waals surface area contributed by atoms with Gasteiger partial charge < -0.3 is 13.9 Å². The van der Waals surface area contributed by atoms with Gasteiger partial charge in [0.1, 0.15) is 17.5 Å². The molecule has 0 unspecified atom stereocenters. The quantitative estimate of drug-likeness (QED) is 0.462. The first-order chi connectivity index (χ1) is 11.3. The average molecular weight is 330 g/mol. The maximum Gasteiger partial charge on any atom is 0.331 e. The van der Waals surface area contributed by atoms with Gasteiger partial charge in [-0.05, 0) is 45.1 Å². The fourth-order valence-electron chi connectivity index (χ4n) is 5.03. The average Bonchev–Trinajstić information content (AvgIpc) is 3.10. The van der Waals surface area contributed by atoms with Crippen molar-refractivity contribution in [3.63, 3.8) is 0 Å². The van der Waals surface area contributed by atoms with Crippen LogP contribution in [0.5, 0.6) is 0 Å².